The van der Waals surface area contributed by atoms with Crippen LogP contribution in [0.25, 0.3) is 10.9 Å². The number of fused-ring (bicyclic) bond motifs is 1. The second-order valence-electron chi connectivity index (χ2n) is 5.56. The highest BCUT2D eigenvalue weighted by Gasteiger charge is 2.12. The maximum atomic E-state index is 5.83. The molecule has 0 radical (unpaired) electrons. The van der Waals surface area contributed by atoms with Crippen molar-refractivity contribution in [2.24, 2.45) is 0 Å². The van der Waals surface area contributed by atoms with Crippen molar-refractivity contribution in [3.05, 3.63) is 23.6 Å². The lowest BCUT2D eigenvalue weighted by atomic mass is 10.3. The van der Waals surface area contributed by atoms with Crippen LogP contribution in [0.2, 0.25) is 30.8 Å². The molecule has 0 saturated carbocycles. The number of nitrogens with zero attached hydrogens (tertiary/aromatic N) is 3. The summed E-state index contributed by atoms with van der Waals surface area (Å²) in [7, 11) is -1.02. The van der Waals surface area contributed by atoms with Crippen LogP contribution in [-0.4, -0.2) is 29.4 Å². The van der Waals surface area contributed by atoms with Gasteiger partial charge in [0.2, 0.25) is 0 Å². The number of rotatable bonds is 5. The number of ether oxygens (including phenoxy) is 1. The summed E-state index contributed by atoms with van der Waals surface area (Å²) in [6, 6.07) is 2.97. The van der Waals surface area contributed by atoms with Crippen LogP contribution >= 0.6 is 11.6 Å². The van der Waals surface area contributed by atoms with Gasteiger partial charge in [0, 0.05) is 20.1 Å². The Morgan fingerprint density at radius 1 is 1.33 bits per heavy atom. The van der Waals surface area contributed by atoms with Gasteiger partial charge in [-0.3, -0.25) is 0 Å². The summed E-state index contributed by atoms with van der Waals surface area (Å²) >= 11 is 5.83. The van der Waals surface area contributed by atoms with E-state index in [0.717, 1.165) is 23.6 Å². The zero-order chi connectivity index (χ0) is 13.2. The molecule has 4 nitrogen and oxygen atoms in total. The van der Waals surface area contributed by atoms with E-state index in [4.69, 9.17) is 16.3 Å². The zero-order valence-electron chi connectivity index (χ0n) is 11.0. The van der Waals surface area contributed by atoms with Gasteiger partial charge in [-0.25, -0.2) is 9.67 Å². The van der Waals surface area contributed by atoms with Gasteiger partial charge in [-0.15, -0.1) is 0 Å². The van der Waals surface area contributed by atoms with Crippen LogP contribution in [0.15, 0.2) is 18.5 Å². The second kappa shape index (κ2) is 5.38. The molecule has 0 amide bonds. The van der Waals surface area contributed by atoms with Crippen LogP contribution in [0.3, 0.4) is 0 Å². The molecule has 2 aromatic heterocycles. The molecule has 0 bridgehead atoms. The second-order valence-corrected chi connectivity index (χ2v) is 11.6. The molecule has 0 fully saturated rings. The van der Waals surface area contributed by atoms with Gasteiger partial charge in [0.25, 0.3) is 0 Å². The maximum absolute atomic E-state index is 5.83. The standard InChI is InChI=1S/C12H18ClN3OSi/c1-18(2,3)5-4-17-9-16-11-8-14-12(13)6-10(11)7-15-16/h6-8H,4-5,9H2,1-3H3. The third-order valence-electron chi connectivity index (χ3n) is 2.70. The fraction of sp³-hybridized carbons (Fsp3) is 0.500. The first-order valence-corrected chi connectivity index (χ1v) is 10.1. The largest absolute Gasteiger partial charge is 0.360 e. The normalized spacial score (nSPS) is 12.2. The Morgan fingerprint density at radius 2 is 2.11 bits per heavy atom. The predicted octanol–water partition coefficient (Wildman–Crippen LogP) is 3.40. The van der Waals surface area contributed by atoms with E-state index in [-0.39, 0.29) is 0 Å². The average Bonchev–Trinajstić information content (AvgIpc) is 2.65. The number of hydrogen-bond donors (Lipinski definition) is 0. The molecule has 2 rings (SSSR count). The van der Waals surface area contributed by atoms with Crippen molar-refractivity contribution in [3.63, 3.8) is 0 Å². The first-order valence-electron chi connectivity index (χ1n) is 6.00. The van der Waals surface area contributed by atoms with Gasteiger partial charge in [-0.1, -0.05) is 31.2 Å². The van der Waals surface area contributed by atoms with Crippen molar-refractivity contribution in [2.45, 2.75) is 32.4 Å². The van der Waals surface area contributed by atoms with E-state index in [1.54, 1.807) is 12.4 Å². The van der Waals surface area contributed by atoms with Gasteiger partial charge < -0.3 is 4.74 Å². The third kappa shape index (κ3) is 3.54. The zero-order valence-corrected chi connectivity index (χ0v) is 12.7. The average molecular weight is 284 g/mol. The quantitative estimate of drug-likeness (QED) is 0.480. The van der Waals surface area contributed by atoms with Crippen LogP contribution in [0, 0.1) is 0 Å². The number of halogens is 1. The van der Waals surface area contributed by atoms with Crippen molar-refractivity contribution in [2.75, 3.05) is 6.61 Å². The summed E-state index contributed by atoms with van der Waals surface area (Å²) in [6.07, 6.45) is 3.51. The van der Waals surface area contributed by atoms with Gasteiger partial charge in [0.15, 0.2) is 0 Å². The minimum Gasteiger partial charge on any atom is -0.360 e. The van der Waals surface area contributed by atoms with E-state index in [1.807, 2.05) is 10.7 Å². The predicted molar refractivity (Wildman–Crippen MR) is 76.6 cm³/mol. The first-order chi connectivity index (χ1) is 8.46. The van der Waals surface area contributed by atoms with Crippen LogP contribution in [0.4, 0.5) is 0 Å². The van der Waals surface area contributed by atoms with Crippen LogP contribution in [0.5, 0.6) is 0 Å². The highest BCUT2D eigenvalue weighted by molar-refractivity contribution is 6.76. The first kappa shape index (κ1) is 13.5. The molecule has 0 aliphatic rings. The van der Waals surface area contributed by atoms with E-state index in [0.29, 0.717) is 11.9 Å². The molecule has 98 valence electrons. The van der Waals surface area contributed by atoms with E-state index in [9.17, 15) is 0 Å². The maximum Gasteiger partial charge on any atom is 0.140 e. The van der Waals surface area contributed by atoms with Gasteiger partial charge in [0.1, 0.15) is 11.9 Å². The molecular weight excluding hydrogens is 266 g/mol. The van der Waals surface area contributed by atoms with Crippen molar-refractivity contribution in [1.29, 1.82) is 0 Å². The monoisotopic (exact) mass is 283 g/mol. The number of aromatic nitrogens is 3. The highest BCUT2D eigenvalue weighted by Crippen LogP contribution is 2.16. The van der Waals surface area contributed by atoms with E-state index in [1.165, 1.54) is 0 Å². The molecule has 0 saturated heterocycles. The minimum atomic E-state index is -1.02. The van der Waals surface area contributed by atoms with Crippen LogP contribution in [0.1, 0.15) is 0 Å². The smallest absolute Gasteiger partial charge is 0.140 e. The highest BCUT2D eigenvalue weighted by atomic mass is 35.5. The van der Waals surface area contributed by atoms with E-state index in [2.05, 4.69) is 29.7 Å². The fourth-order valence-corrected chi connectivity index (χ4v) is 2.51. The molecule has 0 aliphatic heterocycles. The summed E-state index contributed by atoms with van der Waals surface area (Å²) in [5, 5.41) is 5.75. The topological polar surface area (TPSA) is 39.9 Å². The molecule has 2 aromatic rings. The van der Waals surface area contributed by atoms with Crippen molar-refractivity contribution in [1.82, 2.24) is 14.8 Å². The van der Waals surface area contributed by atoms with Crippen molar-refractivity contribution in [3.8, 4) is 0 Å². The van der Waals surface area contributed by atoms with E-state index < -0.39 is 8.07 Å². The summed E-state index contributed by atoms with van der Waals surface area (Å²) in [6.45, 7) is 8.28. The molecule has 0 spiro atoms. The van der Waals surface area contributed by atoms with Gasteiger partial charge in [0.05, 0.1) is 17.9 Å². The van der Waals surface area contributed by atoms with Crippen LogP contribution < -0.4 is 0 Å². The molecule has 0 N–H and O–H groups in total. The summed E-state index contributed by atoms with van der Waals surface area (Å²) in [5.74, 6) is 0. The lowest BCUT2D eigenvalue weighted by Gasteiger charge is -2.15. The molecule has 0 unspecified atom stereocenters. The summed E-state index contributed by atoms with van der Waals surface area (Å²) < 4.78 is 7.48. The van der Waals surface area contributed by atoms with Gasteiger partial charge >= 0.3 is 0 Å². The Morgan fingerprint density at radius 3 is 2.83 bits per heavy atom. The summed E-state index contributed by atoms with van der Waals surface area (Å²) in [4.78, 5) is 4.06. The SMILES string of the molecule is C[Si](C)(C)CCOCn1ncc2cc(Cl)ncc21. The minimum absolute atomic E-state index is 0.470. The lowest BCUT2D eigenvalue weighted by molar-refractivity contribution is 0.0816. The Bertz CT molecular complexity index is 536. The number of pyridine rings is 1. The molecule has 2 heterocycles. The third-order valence-corrected chi connectivity index (χ3v) is 4.62. The van der Waals surface area contributed by atoms with Crippen molar-refractivity contribution >= 4 is 30.6 Å². The lowest BCUT2D eigenvalue weighted by Crippen LogP contribution is -2.22. The Hall–Kier alpha value is -0.913. The Kier molecular flexibility index (Phi) is 4.04. The van der Waals surface area contributed by atoms with Gasteiger partial charge in [-0.05, 0) is 12.1 Å². The molecule has 0 aromatic carbocycles. The molecule has 0 atom stereocenters. The van der Waals surface area contributed by atoms with E-state index >= 15 is 0 Å². The molecule has 6 heteroatoms. The molecule has 18 heavy (non-hydrogen) atoms. The Labute approximate surface area is 113 Å². The van der Waals surface area contributed by atoms with Gasteiger partial charge in [-0.2, -0.15) is 5.10 Å². The number of hydrogen-bond acceptors (Lipinski definition) is 3. The Balaban J connectivity index is 1.96. The fourth-order valence-electron chi connectivity index (χ4n) is 1.58. The van der Waals surface area contributed by atoms with Crippen molar-refractivity contribution < 1.29 is 4.74 Å². The molecular formula is C12H18ClN3OSi. The molecule has 0 aliphatic carbocycles. The summed E-state index contributed by atoms with van der Waals surface area (Å²) in [5.41, 5.74) is 0.951. The van der Waals surface area contributed by atoms with Crippen LogP contribution in [-0.2, 0) is 11.5 Å².